The molecular weight excluding hydrogens is 436 g/mol. The van der Waals surface area contributed by atoms with Gasteiger partial charge in [0.2, 0.25) is 0 Å². The van der Waals surface area contributed by atoms with E-state index in [0.29, 0.717) is 5.57 Å². The van der Waals surface area contributed by atoms with Crippen LogP contribution in [0.15, 0.2) is 54.2 Å². The van der Waals surface area contributed by atoms with Crippen molar-refractivity contribution in [3.63, 3.8) is 0 Å². The molecule has 3 aromatic rings. The van der Waals surface area contributed by atoms with Crippen LogP contribution in [0.5, 0.6) is 0 Å². The molecule has 0 atom stereocenters. The van der Waals surface area contributed by atoms with Crippen molar-refractivity contribution in [3.8, 4) is 17.3 Å². The lowest BCUT2D eigenvalue weighted by molar-refractivity contribution is 0.122. The van der Waals surface area contributed by atoms with Crippen LogP contribution in [-0.4, -0.2) is 36.3 Å². The van der Waals surface area contributed by atoms with Crippen molar-refractivity contribution in [2.24, 2.45) is 0 Å². The van der Waals surface area contributed by atoms with Gasteiger partial charge in [-0.1, -0.05) is 12.1 Å². The summed E-state index contributed by atoms with van der Waals surface area (Å²) in [6.07, 6.45) is 5.37. The monoisotopic (exact) mass is 454 g/mol. The lowest BCUT2D eigenvalue weighted by Crippen LogP contribution is -2.36. The van der Waals surface area contributed by atoms with Crippen LogP contribution < -0.4 is 4.90 Å². The summed E-state index contributed by atoms with van der Waals surface area (Å²) < 4.78 is 5.40. The number of benzene rings is 1. The molecule has 7 heteroatoms. The van der Waals surface area contributed by atoms with E-state index in [1.165, 1.54) is 17.0 Å². The van der Waals surface area contributed by atoms with Gasteiger partial charge in [0.25, 0.3) is 0 Å². The number of morpholine rings is 1. The highest BCUT2D eigenvalue weighted by molar-refractivity contribution is 8.93. The van der Waals surface area contributed by atoms with Crippen LogP contribution in [0.4, 0.5) is 5.69 Å². The lowest BCUT2D eigenvalue weighted by Gasteiger charge is -2.28. The van der Waals surface area contributed by atoms with E-state index in [1.54, 1.807) is 12.4 Å². The number of nitriles is 1. The molecular formula is C21H19BrN4OS. The summed E-state index contributed by atoms with van der Waals surface area (Å²) in [5, 5.41) is 12.3. The summed E-state index contributed by atoms with van der Waals surface area (Å²) in [6, 6.07) is 14.4. The van der Waals surface area contributed by atoms with E-state index in [9.17, 15) is 5.26 Å². The number of thiazole rings is 1. The lowest BCUT2D eigenvalue weighted by atomic mass is 10.1. The summed E-state index contributed by atoms with van der Waals surface area (Å²) in [5.74, 6) is 0. The number of halogens is 1. The molecule has 1 aromatic carbocycles. The first-order valence-electron chi connectivity index (χ1n) is 8.74. The maximum absolute atomic E-state index is 9.60. The Labute approximate surface area is 178 Å². The minimum absolute atomic E-state index is 0. The Morgan fingerprint density at radius 3 is 2.50 bits per heavy atom. The fourth-order valence-corrected chi connectivity index (χ4v) is 3.76. The maximum Gasteiger partial charge on any atom is 0.134 e. The molecule has 0 saturated carbocycles. The zero-order valence-electron chi connectivity index (χ0n) is 15.1. The molecule has 5 nitrogen and oxygen atoms in total. The summed E-state index contributed by atoms with van der Waals surface area (Å²) in [6.45, 7) is 3.36. The Morgan fingerprint density at radius 2 is 1.82 bits per heavy atom. The van der Waals surface area contributed by atoms with Gasteiger partial charge in [-0.15, -0.1) is 28.3 Å². The van der Waals surface area contributed by atoms with E-state index < -0.39 is 0 Å². The molecule has 0 N–H and O–H groups in total. The second-order valence-electron chi connectivity index (χ2n) is 6.13. The molecule has 2 aromatic heterocycles. The summed E-state index contributed by atoms with van der Waals surface area (Å²) in [7, 11) is 0. The van der Waals surface area contributed by atoms with Crippen molar-refractivity contribution < 1.29 is 4.74 Å². The molecule has 1 aliphatic rings. The predicted octanol–water partition coefficient (Wildman–Crippen LogP) is 4.68. The second kappa shape index (κ2) is 9.60. The van der Waals surface area contributed by atoms with Crippen LogP contribution in [0, 0.1) is 11.3 Å². The normalized spacial score (nSPS) is 14.2. The first-order valence-corrected chi connectivity index (χ1v) is 9.62. The zero-order chi connectivity index (χ0) is 18.5. The topological polar surface area (TPSA) is 62.0 Å². The van der Waals surface area contributed by atoms with Gasteiger partial charge in [-0.2, -0.15) is 5.26 Å². The number of hydrogen-bond donors (Lipinski definition) is 0. The number of anilines is 1. The van der Waals surface area contributed by atoms with E-state index in [1.807, 2.05) is 35.7 Å². The number of rotatable bonds is 4. The fourth-order valence-electron chi connectivity index (χ4n) is 2.96. The summed E-state index contributed by atoms with van der Waals surface area (Å²) in [5.41, 5.74) is 4.60. The molecule has 142 valence electrons. The van der Waals surface area contributed by atoms with Gasteiger partial charge >= 0.3 is 0 Å². The number of aromatic nitrogens is 2. The molecule has 0 unspecified atom stereocenters. The Balaban J connectivity index is 0.00000225. The van der Waals surface area contributed by atoms with Crippen molar-refractivity contribution in [1.29, 1.82) is 5.26 Å². The van der Waals surface area contributed by atoms with Crippen LogP contribution >= 0.6 is 28.3 Å². The number of allylic oxidation sites excluding steroid dienone is 1. The summed E-state index contributed by atoms with van der Waals surface area (Å²) >= 11 is 1.48. The van der Waals surface area contributed by atoms with Crippen molar-refractivity contribution in [3.05, 3.63) is 64.7 Å². The van der Waals surface area contributed by atoms with Crippen molar-refractivity contribution in [2.45, 2.75) is 0 Å². The van der Waals surface area contributed by atoms with Gasteiger partial charge in [0.1, 0.15) is 11.1 Å². The molecule has 0 bridgehead atoms. The predicted molar refractivity (Wildman–Crippen MR) is 119 cm³/mol. The van der Waals surface area contributed by atoms with Crippen molar-refractivity contribution in [1.82, 2.24) is 9.97 Å². The Kier molecular flexibility index (Phi) is 6.93. The molecule has 28 heavy (non-hydrogen) atoms. The second-order valence-corrected chi connectivity index (χ2v) is 6.99. The molecule has 0 aliphatic carbocycles. The third kappa shape index (κ3) is 4.65. The molecule has 1 fully saturated rings. The molecule has 0 radical (unpaired) electrons. The van der Waals surface area contributed by atoms with Crippen molar-refractivity contribution in [2.75, 3.05) is 31.2 Å². The van der Waals surface area contributed by atoms with Crippen molar-refractivity contribution >= 4 is 45.7 Å². The Bertz CT molecular complexity index is 974. The molecule has 4 rings (SSSR count). The third-order valence-electron chi connectivity index (χ3n) is 4.41. The quantitative estimate of drug-likeness (QED) is 0.535. The summed E-state index contributed by atoms with van der Waals surface area (Å²) in [4.78, 5) is 11.0. The van der Waals surface area contributed by atoms with Gasteiger partial charge in [-0.3, -0.25) is 4.98 Å². The van der Waals surface area contributed by atoms with E-state index in [0.717, 1.165) is 48.1 Å². The minimum atomic E-state index is 0. The van der Waals surface area contributed by atoms with Gasteiger partial charge in [0.05, 0.1) is 24.5 Å². The fraction of sp³-hybridized carbons (Fsp3) is 0.190. The minimum Gasteiger partial charge on any atom is -0.378 e. The van der Waals surface area contributed by atoms with Crippen LogP contribution in [0.2, 0.25) is 0 Å². The highest BCUT2D eigenvalue weighted by atomic mass is 79.9. The van der Waals surface area contributed by atoms with Gasteiger partial charge in [0.15, 0.2) is 0 Å². The van der Waals surface area contributed by atoms with E-state index >= 15 is 0 Å². The van der Waals surface area contributed by atoms with Gasteiger partial charge in [-0.05, 0) is 35.9 Å². The van der Waals surface area contributed by atoms with Crippen LogP contribution in [-0.2, 0) is 4.74 Å². The first-order chi connectivity index (χ1) is 13.3. The van der Waals surface area contributed by atoms with E-state index in [2.05, 4.69) is 33.1 Å². The number of ether oxygens (including phenoxy) is 1. The first kappa shape index (κ1) is 20.2. The number of nitrogens with zero attached hydrogens (tertiary/aromatic N) is 4. The highest BCUT2D eigenvalue weighted by Gasteiger charge is 2.12. The molecule has 3 heterocycles. The zero-order valence-corrected chi connectivity index (χ0v) is 17.6. The molecule has 0 amide bonds. The van der Waals surface area contributed by atoms with Crippen LogP contribution in [0.1, 0.15) is 10.6 Å². The van der Waals surface area contributed by atoms with Gasteiger partial charge in [-0.25, -0.2) is 4.98 Å². The van der Waals surface area contributed by atoms with E-state index in [-0.39, 0.29) is 17.0 Å². The molecule has 1 aliphatic heterocycles. The van der Waals surface area contributed by atoms with Crippen LogP contribution in [0.3, 0.4) is 0 Å². The Hall–Kier alpha value is -2.53. The highest BCUT2D eigenvalue weighted by Crippen LogP contribution is 2.27. The SMILES string of the molecule is Br.N#CC(=Cc1ccc(N2CCOCC2)cc1)c1nc(-c2ccncc2)cs1. The smallest absolute Gasteiger partial charge is 0.134 e. The average Bonchev–Trinajstić information content (AvgIpc) is 3.24. The number of hydrogen-bond acceptors (Lipinski definition) is 6. The maximum atomic E-state index is 9.60. The molecule has 1 saturated heterocycles. The van der Waals surface area contributed by atoms with Gasteiger partial charge in [0, 0.05) is 42.1 Å². The van der Waals surface area contributed by atoms with Gasteiger partial charge < -0.3 is 9.64 Å². The Morgan fingerprint density at radius 1 is 1.11 bits per heavy atom. The third-order valence-corrected chi connectivity index (χ3v) is 5.29. The average molecular weight is 455 g/mol. The number of pyridine rings is 1. The molecule has 0 spiro atoms. The van der Waals surface area contributed by atoms with Crippen LogP contribution in [0.25, 0.3) is 22.9 Å². The standard InChI is InChI=1S/C21H18N4OS.BrH/c22-14-18(21-24-20(15-27-21)17-5-7-23-8-6-17)13-16-1-3-19(4-2-16)25-9-11-26-12-10-25;/h1-8,13,15H,9-12H2;1H. The largest absolute Gasteiger partial charge is 0.378 e. The van der Waals surface area contributed by atoms with E-state index in [4.69, 9.17) is 4.74 Å².